The summed E-state index contributed by atoms with van der Waals surface area (Å²) in [5.74, 6) is 0.693. The summed E-state index contributed by atoms with van der Waals surface area (Å²) in [6.07, 6.45) is 1.71. The maximum Gasteiger partial charge on any atom is 0.142 e. The van der Waals surface area contributed by atoms with E-state index in [4.69, 9.17) is 10.5 Å². The van der Waals surface area contributed by atoms with Gasteiger partial charge in [0.2, 0.25) is 0 Å². The molecule has 0 aromatic carbocycles. The molecule has 2 heterocycles. The topological polar surface area (TPSA) is 66.0 Å². The van der Waals surface area contributed by atoms with Gasteiger partial charge in [-0.1, -0.05) is 0 Å². The fourth-order valence-corrected chi connectivity index (χ4v) is 1.87. The molecule has 0 aliphatic carbocycles. The third-order valence-corrected chi connectivity index (χ3v) is 2.67. The molecular formula is C12H16N4O. The van der Waals surface area contributed by atoms with Gasteiger partial charge in [0, 0.05) is 13.2 Å². The Morgan fingerprint density at radius 1 is 1.47 bits per heavy atom. The van der Waals surface area contributed by atoms with Crippen molar-refractivity contribution in [3.8, 4) is 5.75 Å². The zero-order valence-electron chi connectivity index (χ0n) is 10.2. The summed E-state index contributed by atoms with van der Waals surface area (Å²) in [5.41, 5.74) is 8.78. The van der Waals surface area contributed by atoms with E-state index in [1.54, 1.807) is 18.0 Å². The van der Waals surface area contributed by atoms with Gasteiger partial charge in [0.05, 0.1) is 24.5 Å². The maximum absolute atomic E-state index is 6.20. The van der Waals surface area contributed by atoms with Gasteiger partial charge in [-0.2, -0.15) is 5.10 Å². The predicted octanol–water partition coefficient (Wildman–Crippen LogP) is 1.18. The zero-order valence-corrected chi connectivity index (χ0v) is 10.2. The molecule has 1 atom stereocenters. The molecule has 0 aliphatic rings. The van der Waals surface area contributed by atoms with Crippen molar-refractivity contribution in [1.82, 2.24) is 14.8 Å². The number of pyridine rings is 1. The number of rotatable bonds is 3. The van der Waals surface area contributed by atoms with E-state index in [0.717, 1.165) is 17.1 Å². The van der Waals surface area contributed by atoms with Gasteiger partial charge in [0.25, 0.3) is 0 Å². The molecule has 0 aliphatic heterocycles. The summed E-state index contributed by atoms with van der Waals surface area (Å²) in [5, 5.41) is 4.28. The molecule has 0 amide bonds. The SMILES string of the molecule is COc1cccnc1C(N)c1cc(C)nn1C. The molecule has 0 radical (unpaired) electrons. The van der Waals surface area contributed by atoms with E-state index in [9.17, 15) is 0 Å². The maximum atomic E-state index is 6.20. The molecule has 1 unspecified atom stereocenters. The first-order valence-corrected chi connectivity index (χ1v) is 5.38. The van der Waals surface area contributed by atoms with Crippen molar-refractivity contribution in [1.29, 1.82) is 0 Å². The Morgan fingerprint density at radius 2 is 2.24 bits per heavy atom. The Bertz CT molecular complexity index is 521. The number of nitrogens with two attached hydrogens (primary N) is 1. The van der Waals surface area contributed by atoms with Crippen molar-refractivity contribution in [2.75, 3.05) is 7.11 Å². The molecular weight excluding hydrogens is 216 g/mol. The molecule has 2 rings (SSSR count). The highest BCUT2D eigenvalue weighted by Crippen LogP contribution is 2.25. The smallest absolute Gasteiger partial charge is 0.142 e. The summed E-state index contributed by atoms with van der Waals surface area (Å²) < 4.78 is 7.03. The molecule has 0 fully saturated rings. The number of methoxy groups -OCH3 is 1. The van der Waals surface area contributed by atoms with Crippen molar-refractivity contribution >= 4 is 0 Å². The van der Waals surface area contributed by atoms with Gasteiger partial charge in [-0.05, 0) is 25.1 Å². The van der Waals surface area contributed by atoms with Crippen LogP contribution in [0.3, 0.4) is 0 Å². The van der Waals surface area contributed by atoms with E-state index in [1.807, 2.05) is 32.2 Å². The fourth-order valence-electron chi connectivity index (χ4n) is 1.87. The van der Waals surface area contributed by atoms with Crippen LogP contribution in [-0.4, -0.2) is 21.9 Å². The Labute approximate surface area is 100 Å². The first kappa shape index (κ1) is 11.6. The van der Waals surface area contributed by atoms with Crippen LogP contribution in [0, 0.1) is 6.92 Å². The minimum Gasteiger partial charge on any atom is -0.495 e. The largest absolute Gasteiger partial charge is 0.495 e. The van der Waals surface area contributed by atoms with E-state index < -0.39 is 0 Å². The van der Waals surface area contributed by atoms with Crippen LogP contribution in [-0.2, 0) is 7.05 Å². The number of hydrogen-bond donors (Lipinski definition) is 1. The highest BCUT2D eigenvalue weighted by Gasteiger charge is 2.18. The summed E-state index contributed by atoms with van der Waals surface area (Å²) >= 11 is 0. The van der Waals surface area contributed by atoms with E-state index in [0.29, 0.717) is 5.75 Å². The Morgan fingerprint density at radius 3 is 2.82 bits per heavy atom. The molecule has 0 saturated heterocycles. The minimum absolute atomic E-state index is 0.336. The number of aryl methyl sites for hydroxylation is 2. The van der Waals surface area contributed by atoms with Crippen LogP contribution in [0.4, 0.5) is 0 Å². The van der Waals surface area contributed by atoms with E-state index in [-0.39, 0.29) is 6.04 Å². The number of aromatic nitrogens is 3. The average molecular weight is 232 g/mol. The van der Waals surface area contributed by atoms with E-state index in [2.05, 4.69) is 10.1 Å². The minimum atomic E-state index is -0.336. The monoisotopic (exact) mass is 232 g/mol. The lowest BCUT2D eigenvalue weighted by Crippen LogP contribution is -2.18. The summed E-state index contributed by atoms with van der Waals surface area (Å²) in [6, 6.07) is 5.30. The second kappa shape index (κ2) is 4.55. The number of ether oxygens (including phenoxy) is 1. The summed E-state index contributed by atoms with van der Waals surface area (Å²) in [7, 11) is 3.49. The molecule has 0 spiro atoms. The standard InChI is InChI=1S/C12H16N4O/c1-8-7-9(16(2)15-8)11(13)12-10(17-3)5-4-6-14-12/h4-7,11H,13H2,1-3H3. The molecule has 0 saturated carbocycles. The third kappa shape index (κ3) is 2.14. The Kier molecular flexibility index (Phi) is 3.10. The molecule has 0 bridgehead atoms. The molecule has 17 heavy (non-hydrogen) atoms. The lowest BCUT2D eigenvalue weighted by molar-refractivity contribution is 0.403. The fraction of sp³-hybridized carbons (Fsp3) is 0.333. The van der Waals surface area contributed by atoms with Gasteiger partial charge in [0.1, 0.15) is 11.4 Å². The van der Waals surface area contributed by atoms with Gasteiger partial charge in [0.15, 0.2) is 0 Å². The van der Waals surface area contributed by atoms with Crippen LogP contribution < -0.4 is 10.5 Å². The highest BCUT2D eigenvalue weighted by molar-refractivity contribution is 5.34. The predicted molar refractivity (Wildman–Crippen MR) is 64.8 cm³/mol. The molecule has 2 N–H and O–H groups in total. The van der Waals surface area contributed by atoms with E-state index in [1.165, 1.54) is 0 Å². The van der Waals surface area contributed by atoms with Crippen LogP contribution in [0.1, 0.15) is 23.1 Å². The van der Waals surface area contributed by atoms with Crippen molar-refractivity contribution in [2.45, 2.75) is 13.0 Å². The van der Waals surface area contributed by atoms with Gasteiger partial charge >= 0.3 is 0 Å². The summed E-state index contributed by atoms with van der Waals surface area (Å²) in [6.45, 7) is 1.94. The van der Waals surface area contributed by atoms with Crippen molar-refractivity contribution < 1.29 is 4.74 Å². The van der Waals surface area contributed by atoms with E-state index >= 15 is 0 Å². The van der Waals surface area contributed by atoms with Crippen LogP contribution in [0.25, 0.3) is 0 Å². The molecule has 5 heteroatoms. The van der Waals surface area contributed by atoms with Crippen LogP contribution >= 0.6 is 0 Å². The van der Waals surface area contributed by atoms with Gasteiger partial charge in [-0.15, -0.1) is 0 Å². The second-order valence-electron chi connectivity index (χ2n) is 3.90. The number of nitrogens with zero attached hydrogens (tertiary/aromatic N) is 3. The Balaban J connectivity index is 2.43. The van der Waals surface area contributed by atoms with Crippen LogP contribution in [0.15, 0.2) is 24.4 Å². The van der Waals surface area contributed by atoms with Crippen LogP contribution in [0.2, 0.25) is 0 Å². The molecule has 90 valence electrons. The second-order valence-corrected chi connectivity index (χ2v) is 3.90. The normalized spacial score (nSPS) is 12.5. The average Bonchev–Trinajstić information content (AvgIpc) is 2.67. The van der Waals surface area contributed by atoms with Gasteiger partial charge < -0.3 is 10.5 Å². The van der Waals surface area contributed by atoms with Gasteiger partial charge in [-0.3, -0.25) is 9.67 Å². The van der Waals surface area contributed by atoms with Gasteiger partial charge in [-0.25, -0.2) is 0 Å². The van der Waals surface area contributed by atoms with Crippen molar-refractivity contribution in [3.63, 3.8) is 0 Å². The first-order chi connectivity index (χ1) is 8.13. The molecule has 2 aromatic heterocycles. The molecule has 5 nitrogen and oxygen atoms in total. The van der Waals surface area contributed by atoms with Crippen LogP contribution in [0.5, 0.6) is 5.75 Å². The van der Waals surface area contributed by atoms with Crippen molar-refractivity contribution in [2.24, 2.45) is 12.8 Å². The zero-order chi connectivity index (χ0) is 12.4. The van der Waals surface area contributed by atoms with Crippen molar-refractivity contribution in [3.05, 3.63) is 41.5 Å². The number of hydrogen-bond acceptors (Lipinski definition) is 4. The quantitative estimate of drug-likeness (QED) is 0.863. The highest BCUT2D eigenvalue weighted by atomic mass is 16.5. The third-order valence-electron chi connectivity index (χ3n) is 2.67. The molecule has 2 aromatic rings. The lowest BCUT2D eigenvalue weighted by Gasteiger charge is -2.14. The Hall–Kier alpha value is -1.88. The lowest BCUT2D eigenvalue weighted by atomic mass is 10.1. The first-order valence-electron chi connectivity index (χ1n) is 5.38. The summed E-state index contributed by atoms with van der Waals surface area (Å²) in [4.78, 5) is 4.29.